The van der Waals surface area contributed by atoms with Crippen LogP contribution in [-0.4, -0.2) is 59.9 Å². The van der Waals surface area contributed by atoms with Gasteiger partial charge in [-0.2, -0.15) is 0 Å². The summed E-state index contributed by atoms with van der Waals surface area (Å²) in [6.07, 6.45) is 0.535. The zero-order valence-corrected chi connectivity index (χ0v) is 24.5. The fourth-order valence-corrected chi connectivity index (χ4v) is 4.90. The standard InChI is InChI=1S/C28H32Cl2FN5O4/c1-16(24-19(29)6-7-20(31)25(24)30)39-22-12-17(15-33-26(22)32)21-13-18(38-5)14-23(34-21)35-8-10-36(11-9-35)27(37)40-28(2,3)4/h6-7,12-16H,8-11H2,1-5H3,(H2,32,33). The number of rotatable bonds is 6. The number of pyridine rings is 2. The number of hydrogen-bond donors (Lipinski definition) is 1. The van der Waals surface area contributed by atoms with Crippen LogP contribution in [0.1, 0.15) is 39.4 Å². The summed E-state index contributed by atoms with van der Waals surface area (Å²) >= 11 is 12.4. The van der Waals surface area contributed by atoms with Crippen LogP contribution in [0.3, 0.4) is 0 Å². The predicted molar refractivity (Wildman–Crippen MR) is 154 cm³/mol. The number of benzene rings is 1. The summed E-state index contributed by atoms with van der Waals surface area (Å²) < 4.78 is 31.2. The van der Waals surface area contributed by atoms with Crippen molar-refractivity contribution < 1.29 is 23.4 Å². The first-order chi connectivity index (χ1) is 18.9. The first-order valence-electron chi connectivity index (χ1n) is 12.7. The Hall–Kier alpha value is -3.50. The summed E-state index contributed by atoms with van der Waals surface area (Å²) in [4.78, 5) is 25.3. The van der Waals surface area contributed by atoms with Crippen LogP contribution in [0.2, 0.25) is 10.0 Å². The van der Waals surface area contributed by atoms with Gasteiger partial charge in [-0.15, -0.1) is 0 Å². The van der Waals surface area contributed by atoms with Crippen LogP contribution in [0.4, 0.5) is 20.8 Å². The molecule has 0 spiro atoms. The maximum absolute atomic E-state index is 14.1. The summed E-state index contributed by atoms with van der Waals surface area (Å²) in [6, 6.07) is 7.93. The largest absolute Gasteiger partial charge is 0.497 e. The van der Waals surface area contributed by atoms with Crippen molar-refractivity contribution in [2.45, 2.75) is 39.4 Å². The van der Waals surface area contributed by atoms with Gasteiger partial charge in [0.1, 0.15) is 29.1 Å². The second-order valence-electron chi connectivity index (χ2n) is 10.3. The first kappa shape index (κ1) is 29.5. The molecule has 1 amide bonds. The lowest BCUT2D eigenvalue weighted by atomic mass is 10.1. The molecular weight excluding hydrogens is 560 g/mol. The van der Waals surface area contributed by atoms with Crippen molar-refractivity contribution in [3.8, 4) is 22.8 Å². The topological polar surface area (TPSA) is 103 Å². The van der Waals surface area contributed by atoms with E-state index in [2.05, 4.69) is 9.88 Å². The Labute approximate surface area is 242 Å². The van der Waals surface area contributed by atoms with Gasteiger partial charge in [-0.25, -0.2) is 19.2 Å². The minimum Gasteiger partial charge on any atom is -0.497 e. The molecule has 0 aliphatic carbocycles. The molecule has 0 radical (unpaired) electrons. The summed E-state index contributed by atoms with van der Waals surface area (Å²) in [6.45, 7) is 9.35. The van der Waals surface area contributed by atoms with Crippen molar-refractivity contribution in [1.29, 1.82) is 0 Å². The van der Waals surface area contributed by atoms with Gasteiger partial charge in [-0.1, -0.05) is 23.2 Å². The van der Waals surface area contributed by atoms with Gasteiger partial charge in [0, 0.05) is 60.7 Å². The lowest BCUT2D eigenvalue weighted by Gasteiger charge is -2.36. The van der Waals surface area contributed by atoms with Crippen molar-refractivity contribution in [3.05, 3.63) is 58.0 Å². The summed E-state index contributed by atoms with van der Waals surface area (Å²) in [5, 5.41) is 0.154. The van der Waals surface area contributed by atoms with E-state index in [0.29, 0.717) is 54.6 Å². The van der Waals surface area contributed by atoms with E-state index in [0.717, 1.165) is 0 Å². The third kappa shape index (κ3) is 6.79. The van der Waals surface area contributed by atoms with E-state index in [1.54, 1.807) is 37.3 Å². The highest BCUT2D eigenvalue weighted by Gasteiger charge is 2.27. The van der Waals surface area contributed by atoms with Crippen molar-refractivity contribution in [3.63, 3.8) is 0 Å². The highest BCUT2D eigenvalue weighted by atomic mass is 35.5. The Kier molecular flexibility index (Phi) is 8.80. The smallest absolute Gasteiger partial charge is 0.410 e. The number of carbonyl (C=O) groups is 1. The van der Waals surface area contributed by atoms with Gasteiger partial charge in [0.2, 0.25) is 0 Å². The number of methoxy groups -OCH3 is 1. The number of nitrogens with two attached hydrogens (primary N) is 1. The molecule has 1 aliphatic rings. The van der Waals surface area contributed by atoms with Crippen LogP contribution in [0.25, 0.3) is 11.3 Å². The van der Waals surface area contributed by atoms with Crippen LogP contribution in [0.15, 0.2) is 36.5 Å². The third-order valence-electron chi connectivity index (χ3n) is 6.24. The van der Waals surface area contributed by atoms with Crippen LogP contribution in [0, 0.1) is 5.82 Å². The average molecular weight is 592 g/mol. The van der Waals surface area contributed by atoms with Crippen molar-refractivity contribution >= 4 is 40.9 Å². The Morgan fingerprint density at radius 3 is 2.48 bits per heavy atom. The molecule has 12 heteroatoms. The fraction of sp³-hybridized carbons (Fsp3) is 0.393. The SMILES string of the molecule is COc1cc(-c2cnc(N)c(OC(C)c3c(Cl)ccc(F)c3Cl)c2)nc(N2CCN(C(=O)OC(C)(C)C)CC2)c1. The number of nitrogen functional groups attached to an aromatic ring is 1. The van der Waals surface area contributed by atoms with Crippen LogP contribution in [0.5, 0.6) is 11.5 Å². The molecule has 4 rings (SSSR count). The fourth-order valence-electron chi connectivity index (χ4n) is 4.22. The second-order valence-corrected chi connectivity index (χ2v) is 11.1. The van der Waals surface area contributed by atoms with Gasteiger partial charge in [-0.3, -0.25) is 0 Å². The number of aromatic nitrogens is 2. The Morgan fingerprint density at radius 2 is 1.82 bits per heavy atom. The van der Waals surface area contributed by atoms with Gasteiger partial charge in [0.25, 0.3) is 0 Å². The van der Waals surface area contributed by atoms with E-state index in [1.165, 1.54) is 12.1 Å². The number of piperazine rings is 1. The maximum atomic E-state index is 14.1. The molecule has 1 saturated heterocycles. The summed E-state index contributed by atoms with van der Waals surface area (Å²) in [7, 11) is 1.58. The molecule has 1 unspecified atom stereocenters. The highest BCUT2D eigenvalue weighted by molar-refractivity contribution is 6.36. The highest BCUT2D eigenvalue weighted by Crippen LogP contribution is 2.37. The summed E-state index contributed by atoms with van der Waals surface area (Å²) in [5.41, 5.74) is 7.06. The summed E-state index contributed by atoms with van der Waals surface area (Å²) in [5.74, 6) is 1.08. The normalized spacial score (nSPS) is 14.6. The molecule has 2 N–H and O–H groups in total. The molecule has 9 nitrogen and oxygen atoms in total. The molecule has 3 aromatic rings. The van der Waals surface area contributed by atoms with Gasteiger partial charge in [-0.05, 0) is 45.9 Å². The van der Waals surface area contributed by atoms with E-state index < -0.39 is 17.5 Å². The average Bonchev–Trinajstić information content (AvgIpc) is 2.91. The maximum Gasteiger partial charge on any atom is 0.410 e. The molecule has 3 heterocycles. The zero-order valence-electron chi connectivity index (χ0n) is 23.0. The molecular formula is C28H32Cl2FN5O4. The van der Waals surface area contributed by atoms with Crippen molar-refractivity contribution in [2.75, 3.05) is 43.9 Å². The van der Waals surface area contributed by atoms with E-state index in [4.69, 9.17) is 48.1 Å². The number of ether oxygens (including phenoxy) is 3. The number of anilines is 2. The molecule has 1 aliphatic heterocycles. The molecule has 0 saturated carbocycles. The van der Waals surface area contributed by atoms with E-state index in [9.17, 15) is 9.18 Å². The number of nitrogens with zero attached hydrogens (tertiary/aromatic N) is 4. The quantitative estimate of drug-likeness (QED) is 0.329. The van der Waals surface area contributed by atoms with Crippen LogP contribution >= 0.6 is 23.2 Å². The van der Waals surface area contributed by atoms with Gasteiger partial charge in [0.15, 0.2) is 11.6 Å². The Bertz CT molecular complexity index is 1390. The molecule has 1 atom stereocenters. The number of halogens is 3. The van der Waals surface area contributed by atoms with Crippen LogP contribution in [-0.2, 0) is 4.74 Å². The molecule has 40 heavy (non-hydrogen) atoms. The zero-order chi connectivity index (χ0) is 29.2. The monoisotopic (exact) mass is 591 g/mol. The lowest BCUT2D eigenvalue weighted by Crippen LogP contribution is -2.50. The van der Waals surface area contributed by atoms with Crippen molar-refractivity contribution in [1.82, 2.24) is 14.9 Å². The molecule has 1 fully saturated rings. The van der Waals surface area contributed by atoms with E-state index in [-0.39, 0.29) is 27.7 Å². The third-order valence-corrected chi connectivity index (χ3v) is 6.96. The first-order valence-corrected chi connectivity index (χ1v) is 13.5. The van der Waals surface area contributed by atoms with Gasteiger partial charge < -0.3 is 29.7 Å². The number of amides is 1. The lowest BCUT2D eigenvalue weighted by molar-refractivity contribution is 0.0240. The minimum atomic E-state index is -0.717. The number of carbonyl (C=O) groups excluding carboxylic acids is 1. The van der Waals surface area contributed by atoms with E-state index in [1.807, 2.05) is 26.8 Å². The number of hydrogen-bond acceptors (Lipinski definition) is 8. The molecule has 2 aromatic heterocycles. The van der Waals surface area contributed by atoms with Crippen LogP contribution < -0.4 is 20.1 Å². The Morgan fingerprint density at radius 1 is 1.12 bits per heavy atom. The van der Waals surface area contributed by atoms with E-state index >= 15 is 0 Å². The molecule has 1 aromatic carbocycles. The van der Waals surface area contributed by atoms with Gasteiger partial charge in [0.05, 0.1) is 17.8 Å². The predicted octanol–water partition coefficient (Wildman–Crippen LogP) is 6.38. The van der Waals surface area contributed by atoms with Crippen molar-refractivity contribution in [2.24, 2.45) is 0 Å². The second kappa shape index (κ2) is 11.9. The molecule has 0 bridgehead atoms. The Balaban J connectivity index is 1.56. The van der Waals surface area contributed by atoms with Gasteiger partial charge >= 0.3 is 6.09 Å². The minimum absolute atomic E-state index is 0.117. The molecule has 214 valence electrons.